The van der Waals surface area contributed by atoms with Gasteiger partial charge in [0.25, 0.3) is 5.88 Å². The Morgan fingerprint density at radius 1 is 1.04 bits per heavy atom. The molecule has 0 aliphatic heterocycles. The molecule has 27 heavy (non-hydrogen) atoms. The number of esters is 1. The van der Waals surface area contributed by atoms with Crippen molar-refractivity contribution in [1.82, 2.24) is 15.4 Å². The van der Waals surface area contributed by atoms with Crippen molar-refractivity contribution < 1.29 is 22.7 Å². The van der Waals surface area contributed by atoms with Crippen molar-refractivity contribution in [3.05, 3.63) is 54.2 Å². The van der Waals surface area contributed by atoms with E-state index in [9.17, 15) is 13.2 Å². The number of aromatic nitrogens is 3. The fourth-order valence-corrected chi connectivity index (χ4v) is 2.86. The summed E-state index contributed by atoms with van der Waals surface area (Å²) in [4.78, 5) is 11.6. The molecule has 9 nitrogen and oxygen atoms in total. The molecule has 0 spiro atoms. The number of H-pyrrole nitrogens is 1. The minimum atomic E-state index is -3.31. The van der Waals surface area contributed by atoms with Crippen LogP contribution in [-0.4, -0.2) is 43.2 Å². The van der Waals surface area contributed by atoms with Crippen LogP contribution in [0.1, 0.15) is 10.5 Å². The van der Waals surface area contributed by atoms with E-state index < -0.39 is 16.0 Å². The summed E-state index contributed by atoms with van der Waals surface area (Å²) < 4.78 is 35.1. The lowest BCUT2D eigenvalue weighted by atomic mass is 10.1. The average Bonchev–Trinajstić information content (AvgIpc) is 3.09. The van der Waals surface area contributed by atoms with Gasteiger partial charge in [-0.15, -0.1) is 0 Å². The Hall–Kier alpha value is -3.40. The number of aromatic amines is 1. The number of hydrogen-bond acceptors (Lipinski definition) is 7. The number of rotatable bonds is 6. The number of anilines is 1. The van der Waals surface area contributed by atoms with Gasteiger partial charge in [-0.1, -0.05) is 34.6 Å². The number of nitrogens with zero attached hydrogens (tertiary/aromatic N) is 2. The Bertz CT molecular complexity index is 1040. The molecule has 0 saturated carbocycles. The number of nitrogens with one attached hydrogen (secondary N) is 2. The van der Waals surface area contributed by atoms with E-state index in [4.69, 9.17) is 4.74 Å². The first-order chi connectivity index (χ1) is 12.9. The molecule has 0 radical (unpaired) electrons. The average molecular weight is 388 g/mol. The van der Waals surface area contributed by atoms with Gasteiger partial charge in [0.1, 0.15) is 5.75 Å². The van der Waals surface area contributed by atoms with Gasteiger partial charge in [-0.05, 0) is 35.4 Å². The molecule has 10 heteroatoms. The van der Waals surface area contributed by atoms with Gasteiger partial charge in [-0.3, -0.25) is 4.72 Å². The molecule has 1 heterocycles. The van der Waals surface area contributed by atoms with Crippen LogP contribution in [-0.2, 0) is 14.8 Å². The maximum Gasteiger partial charge on any atom is 0.361 e. The molecule has 0 bridgehead atoms. The summed E-state index contributed by atoms with van der Waals surface area (Å²) >= 11 is 0. The summed E-state index contributed by atoms with van der Waals surface area (Å²) in [6.45, 7) is 0. The molecule has 2 aromatic carbocycles. The topological polar surface area (TPSA) is 123 Å². The number of hydrogen-bond donors (Lipinski definition) is 2. The third-order valence-electron chi connectivity index (χ3n) is 3.50. The van der Waals surface area contributed by atoms with Crippen LogP contribution in [0.2, 0.25) is 0 Å². The Morgan fingerprint density at radius 3 is 2.19 bits per heavy atom. The highest BCUT2D eigenvalue weighted by Gasteiger charge is 2.18. The predicted octanol–water partition coefficient (Wildman–Crippen LogP) is 2.42. The fraction of sp³-hybridized carbons (Fsp3) is 0.118. The minimum Gasteiger partial charge on any atom is -0.464 e. The monoisotopic (exact) mass is 388 g/mol. The molecule has 0 fully saturated rings. The zero-order valence-electron chi connectivity index (χ0n) is 14.5. The molecule has 3 rings (SSSR count). The van der Waals surface area contributed by atoms with E-state index in [1.165, 1.54) is 7.11 Å². The summed E-state index contributed by atoms with van der Waals surface area (Å²) in [5.74, 6) is -0.145. The number of carbonyl (C=O) groups is 1. The van der Waals surface area contributed by atoms with E-state index in [0.717, 1.165) is 17.4 Å². The minimum absolute atomic E-state index is 0.0193. The number of carbonyl (C=O) groups excluding carboxylic acids is 1. The van der Waals surface area contributed by atoms with Crippen LogP contribution in [0.5, 0.6) is 11.6 Å². The van der Waals surface area contributed by atoms with Crippen LogP contribution in [0.25, 0.3) is 11.1 Å². The maximum atomic E-state index is 11.6. The smallest absolute Gasteiger partial charge is 0.361 e. The summed E-state index contributed by atoms with van der Waals surface area (Å²) in [5, 5.41) is 9.68. The first-order valence-electron chi connectivity index (χ1n) is 7.71. The van der Waals surface area contributed by atoms with Gasteiger partial charge < -0.3 is 9.47 Å². The van der Waals surface area contributed by atoms with Crippen molar-refractivity contribution in [2.75, 3.05) is 18.1 Å². The van der Waals surface area contributed by atoms with Crippen molar-refractivity contribution in [1.29, 1.82) is 0 Å². The molecule has 0 amide bonds. The molecular formula is C17H16N4O5S. The number of methoxy groups -OCH3 is 1. The van der Waals surface area contributed by atoms with Gasteiger partial charge in [0.2, 0.25) is 15.7 Å². The zero-order valence-corrected chi connectivity index (χ0v) is 15.3. The molecule has 0 unspecified atom stereocenters. The van der Waals surface area contributed by atoms with E-state index in [1.807, 2.05) is 12.1 Å². The molecule has 0 atom stereocenters. The molecule has 0 aliphatic carbocycles. The highest BCUT2D eigenvalue weighted by atomic mass is 32.2. The lowest BCUT2D eigenvalue weighted by molar-refractivity contribution is 0.0591. The highest BCUT2D eigenvalue weighted by molar-refractivity contribution is 7.92. The van der Waals surface area contributed by atoms with Crippen LogP contribution in [0, 0.1) is 0 Å². The number of sulfonamides is 1. The Labute approximate surface area is 155 Å². The normalized spacial score (nSPS) is 11.0. The van der Waals surface area contributed by atoms with Crippen LogP contribution in [0.15, 0.2) is 48.5 Å². The largest absolute Gasteiger partial charge is 0.464 e. The van der Waals surface area contributed by atoms with E-state index >= 15 is 0 Å². The van der Waals surface area contributed by atoms with Crippen molar-refractivity contribution in [3.63, 3.8) is 0 Å². The number of ether oxygens (including phenoxy) is 2. The summed E-state index contributed by atoms with van der Waals surface area (Å²) in [5.41, 5.74) is 2.32. The number of benzene rings is 2. The van der Waals surface area contributed by atoms with Crippen molar-refractivity contribution in [2.24, 2.45) is 0 Å². The van der Waals surface area contributed by atoms with Crippen LogP contribution in [0.4, 0.5) is 5.69 Å². The van der Waals surface area contributed by atoms with Gasteiger partial charge in [0, 0.05) is 5.69 Å². The third kappa shape index (κ3) is 4.61. The van der Waals surface area contributed by atoms with Crippen LogP contribution in [0.3, 0.4) is 0 Å². The Morgan fingerprint density at radius 2 is 1.63 bits per heavy atom. The van der Waals surface area contributed by atoms with Crippen molar-refractivity contribution in [3.8, 4) is 22.8 Å². The van der Waals surface area contributed by atoms with E-state index in [0.29, 0.717) is 11.4 Å². The standard InChI is InChI=1S/C17H16N4O5S/c1-25-17(22)15-16(19-21-18-15)26-14-9-5-12(6-10-14)11-3-7-13(8-4-11)20-27(2,23)24/h3-10,20H,1-2H3,(H,18,19,21). The van der Waals surface area contributed by atoms with Crippen LogP contribution < -0.4 is 9.46 Å². The molecule has 3 aromatic rings. The van der Waals surface area contributed by atoms with Gasteiger partial charge in [0.15, 0.2) is 0 Å². The third-order valence-corrected chi connectivity index (χ3v) is 4.10. The molecule has 0 aliphatic rings. The van der Waals surface area contributed by atoms with Gasteiger partial charge in [-0.2, -0.15) is 0 Å². The predicted molar refractivity (Wildman–Crippen MR) is 98.1 cm³/mol. The van der Waals surface area contributed by atoms with Gasteiger partial charge in [0.05, 0.1) is 13.4 Å². The molecule has 0 saturated heterocycles. The fourth-order valence-electron chi connectivity index (χ4n) is 2.30. The van der Waals surface area contributed by atoms with Crippen LogP contribution >= 0.6 is 0 Å². The first-order valence-corrected chi connectivity index (χ1v) is 9.60. The quantitative estimate of drug-likeness (QED) is 0.622. The lowest BCUT2D eigenvalue weighted by Crippen LogP contribution is -2.09. The lowest BCUT2D eigenvalue weighted by Gasteiger charge is -2.07. The van der Waals surface area contributed by atoms with Gasteiger partial charge >= 0.3 is 5.97 Å². The second-order valence-corrected chi connectivity index (χ2v) is 7.31. The zero-order chi connectivity index (χ0) is 19.4. The van der Waals surface area contributed by atoms with E-state index in [-0.39, 0.29) is 11.6 Å². The van der Waals surface area contributed by atoms with E-state index in [1.54, 1.807) is 36.4 Å². The SMILES string of the molecule is COC(=O)c1[nH]nnc1Oc1ccc(-c2ccc(NS(C)(=O)=O)cc2)cc1. The Balaban J connectivity index is 1.74. The Kier molecular flexibility index (Phi) is 5.08. The molecule has 2 N–H and O–H groups in total. The summed E-state index contributed by atoms with van der Waals surface area (Å²) in [6, 6.07) is 14.0. The first kappa shape index (κ1) is 18.4. The summed E-state index contributed by atoms with van der Waals surface area (Å²) in [7, 11) is -2.06. The van der Waals surface area contributed by atoms with Gasteiger partial charge in [-0.25, -0.2) is 18.3 Å². The second kappa shape index (κ2) is 7.46. The summed E-state index contributed by atoms with van der Waals surface area (Å²) in [6.07, 6.45) is 1.10. The van der Waals surface area contributed by atoms with E-state index in [2.05, 4.69) is 24.9 Å². The highest BCUT2D eigenvalue weighted by Crippen LogP contribution is 2.27. The van der Waals surface area contributed by atoms with Crippen molar-refractivity contribution >= 4 is 21.7 Å². The maximum absolute atomic E-state index is 11.6. The molecule has 1 aromatic heterocycles. The van der Waals surface area contributed by atoms with Crippen molar-refractivity contribution in [2.45, 2.75) is 0 Å². The molecular weight excluding hydrogens is 372 g/mol. The second-order valence-electron chi connectivity index (χ2n) is 5.56. The molecule has 140 valence electrons.